The molecule has 1 aliphatic heterocycles. The molecule has 2 amide bonds. The molecule has 0 aliphatic carbocycles. The van der Waals surface area contributed by atoms with Crippen LogP contribution in [0.5, 0.6) is 11.5 Å². The summed E-state index contributed by atoms with van der Waals surface area (Å²) in [6.45, 7) is 0.521. The van der Waals surface area contributed by atoms with Gasteiger partial charge in [-0.05, 0) is 77.5 Å². The number of thioether (sulfide) groups is 1. The number of carbonyl (C=O) groups excluding carboxylic acids is 2. The van der Waals surface area contributed by atoms with Gasteiger partial charge in [-0.3, -0.25) is 24.6 Å². The Kier molecular flexibility index (Phi) is 7.69. The molecule has 8 nitrogen and oxygen atoms in total. The van der Waals surface area contributed by atoms with Gasteiger partial charge < -0.3 is 9.47 Å². The molecule has 0 saturated carbocycles. The van der Waals surface area contributed by atoms with Gasteiger partial charge in [-0.1, -0.05) is 23.7 Å². The summed E-state index contributed by atoms with van der Waals surface area (Å²) in [5.41, 5.74) is 1.50. The summed E-state index contributed by atoms with van der Waals surface area (Å²) in [6.07, 6.45) is 1.64. The molecule has 3 aromatic rings. The number of hydrogen-bond acceptors (Lipinski definition) is 7. The molecule has 1 saturated heterocycles. The lowest BCUT2D eigenvalue weighted by molar-refractivity contribution is -0.384. The number of ether oxygens (including phenoxy) is 2. The smallest absolute Gasteiger partial charge is 0.293 e. The molecule has 1 aliphatic rings. The van der Waals surface area contributed by atoms with Crippen molar-refractivity contribution in [3.05, 3.63) is 104 Å². The molecule has 0 N–H and O–H groups in total. The number of benzene rings is 3. The molecular formula is C25H19ClN2O6S. The number of carbonyl (C=O) groups is 2. The van der Waals surface area contributed by atoms with Crippen LogP contribution in [-0.2, 0) is 11.4 Å². The van der Waals surface area contributed by atoms with Gasteiger partial charge in [0.2, 0.25) is 0 Å². The fourth-order valence-corrected chi connectivity index (χ4v) is 4.20. The average molecular weight is 511 g/mol. The molecule has 1 heterocycles. The van der Waals surface area contributed by atoms with Crippen LogP contribution in [0, 0.1) is 10.1 Å². The SMILES string of the molecule is O=C1S/C(=C\c2cccc(OCc3ccc([N+](=O)[O-])cc3)c2)C(=O)N1CCOc1ccc(Cl)cc1. The topological polar surface area (TPSA) is 99.0 Å². The fourth-order valence-electron chi connectivity index (χ4n) is 3.20. The first-order valence-corrected chi connectivity index (χ1v) is 11.7. The molecule has 178 valence electrons. The zero-order valence-corrected chi connectivity index (χ0v) is 19.8. The van der Waals surface area contributed by atoms with Crippen molar-refractivity contribution in [1.29, 1.82) is 0 Å². The van der Waals surface area contributed by atoms with Crippen molar-refractivity contribution in [1.82, 2.24) is 4.90 Å². The second-order valence-electron chi connectivity index (χ2n) is 7.42. The van der Waals surface area contributed by atoms with Gasteiger partial charge in [0, 0.05) is 17.2 Å². The van der Waals surface area contributed by atoms with Crippen molar-refractivity contribution in [2.75, 3.05) is 13.2 Å². The van der Waals surface area contributed by atoms with Crippen molar-refractivity contribution in [3.63, 3.8) is 0 Å². The zero-order valence-electron chi connectivity index (χ0n) is 18.3. The number of imide groups is 1. The van der Waals surface area contributed by atoms with E-state index in [0.717, 1.165) is 22.2 Å². The molecule has 0 aromatic heterocycles. The quantitative estimate of drug-likeness (QED) is 0.199. The van der Waals surface area contributed by atoms with Crippen molar-refractivity contribution >= 4 is 46.3 Å². The molecule has 0 atom stereocenters. The zero-order chi connectivity index (χ0) is 24.8. The minimum Gasteiger partial charge on any atom is -0.492 e. The number of non-ortho nitro benzene ring substituents is 1. The predicted octanol–water partition coefficient (Wildman–Crippen LogP) is 5.94. The third kappa shape index (κ3) is 6.40. The Hall–Kier alpha value is -3.82. The Labute approximate surface area is 210 Å². The standard InChI is InChI=1S/C25H19ClN2O6S/c26-19-6-10-21(11-7-19)33-13-12-27-24(29)23(35-25(27)30)15-18-2-1-3-22(14-18)34-16-17-4-8-20(9-5-17)28(31)32/h1-11,14-15H,12-13,16H2/b23-15-. The van der Waals surface area contributed by atoms with Crippen LogP contribution < -0.4 is 9.47 Å². The maximum Gasteiger partial charge on any atom is 0.293 e. The molecule has 10 heteroatoms. The average Bonchev–Trinajstić information content (AvgIpc) is 3.11. The number of halogens is 1. The van der Waals surface area contributed by atoms with E-state index in [9.17, 15) is 19.7 Å². The van der Waals surface area contributed by atoms with Gasteiger partial charge in [0.15, 0.2) is 0 Å². The normalized spacial score (nSPS) is 14.4. The van der Waals surface area contributed by atoms with Crippen molar-refractivity contribution in [2.24, 2.45) is 0 Å². The molecule has 4 rings (SSSR count). The summed E-state index contributed by atoms with van der Waals surface area (Å²) in [7, 11) is 0. The third-order valence-electron chi connectivity index (χ3n) is 4.98. The van der Waals surface area contributed by atoms with E-state index in [2.05, 4.69) is 0 Å². The lowest BCUT2D eigenvalue weighted by Crippen LogP contribution is -2.32. The van der Waals surface area contributed by atoms with Crippen LogP contribution in [0.25, 0.3) is 6.08 Å². The van der Waals surface area contributed by atoms with Gasteiger partial charge in [-0.25, -0.2) is 0 Å². The van der Waals surface area contributed by atoms with Crippen LogP contribution in [0.4, 0.5) is 10.5 Å². The Morgan fingerprint density at radius 2 is 1.71 bits per heavy atom. The van der Waals surface area contributed by atoms with Crippen LogP contribution >= 0.6 is 23.4 Å². The Balaban J connectivity index is 1.35. The summed E-state index contributed by atoms with van der Waals surface area (Å²) < 4.78 is 11.4. The van der Waals surface area contributed by atoms with Crippen LogP contribution in [-0.4, -0.2) is 34.1 Å². The Morgan fingerprint density at radius 3 is 2.43 bits per heavy atom. The van der Waals surface area contributed by atoms with E-state index >= 15 is 0 Å². The van der Waals surface area contributed by atoms with Gasteiger partial charge >= 0.3 is 0 Å². The molecule has 35 heavy (non-hydrogen) atoms. The molecular weight excluding hydrogens is 492 g/mol. The van der Waals surface area contributed by atoms with Gasteiger partial charge in [0.1, 0.15) is 24.7 Å². The van der Waals surface area contributed by atoms with E-state index in [1.165, 1.54) is 12.1 Å². The van der Waals surface area contributed by atoms with Crippen LogP contribution in [0.2, 0.25) is 5.02 Å². The van der Waals surface area contributed by atoms with Gasteiger partial charge in [0.25, 0.3) is 16.8 Å². The van der Waals surface area contributed by atoms with Crippen LogP contribution in [0.15, 0.2) is 77.7 Å². The predicted molar refractivity (Wildman–Crippen MR) is 133 cm³/mol. The largest absolute Gasteiger partial charge is 0.492 e. The number of nitro benzene ring substituents is 1. The lowest BCUT2D eigenvalue weighted by atomic mass is 10.2. The first-order chi connectivity index (χ1) is 16.9. The van der Waals surface area contributed by atoms with Crippen LogP contribution in [0.3, 0.4) is 0 Å². The molecule has 0 radical (unpaired) electrons. The third-order valence-corrected chi connectivity index (χ3v) is 6.14. The highest BCUT2D eigenvalue weighted by Gasteiger charge is 2.34. The van der Waals surface area contributed by atoms with Gasteiger partial charge in [0.05, 0.1) is 16.4 Å². The number of amides is 2. The highest BCUT2D eigenvalue weighted by Crippen LogP contribution is 2.32. The van der Waals surface area contributed by atoms with E-state index in [1.54, 1.807) is 66.7 Å². The summed E-state index contributed by atoms with van der Waals surface area (Å²) in [4.78, 5) is 36.9. The summed E-state index contributed by atoms with van der Waals surface area (Å²) in [6, 6.07) is 20.0. The second kappa shape index (κ2) is 11.1. The summed E-state index contributed by atoms with van der Waals surface area (Å²) in [5.74, 6) is 0.784. The molecule has 3 aromatic carbocycles. The van der Waals surface area contributed by atoms with E-state index < -0.39 is 4.92 Å². The minimum atomic E-state index is -0.456. The van der Waals surface area contributed by atoms with E-state index in [4.69, 9.17) is 21.1 Å². The van der Waals surface area contributed by atoms with Crippen LogP contribution in [0.1, 0.15) is 11.1 Å². The monoisotopic (exact) mass is 510 g/mol. The van der Waals surface area contributed by atoms with E-state index in [-0.39, 0.29) is 36.6 Å². The van der Waals surface area contributed by atoms with E-state index in [0.29, 0.717) is 27.0 Å². The summed E-state index contributed by atoms with van der Waals surface area (Å²) >= 11 is 6.72. The minimum absolute atomic E-state index is 0.0150. The highest BCUT2D eigenvalue weighted by atomic mass is 35.5. The molecule has 0 spiro atoms. The van der Waals surface area contributed by atoms with Crippen molar-refractivity contribution < 1.29 is 24.0 Å². The highest BCUT2D eigenvalue weighted by molar-refractivity contribution is 8.18. The fraction of sp³-hybridized carbons (Fsp3) is 0.120. The summed E-state index contributed by atoms with van der Waals surface area (Å²) in [5, 5.41) is 11.0. The number of nitro groups is 1. The van der Waals surface area contributed by atoms with Gasteiger partial charge in [-0.2, -0.15) is 0 Å². The van der Waals surface area contributed by atoms with Gasteiger partial charge in [-0.15, -0.1) is 0 Å². The number of rotatable bonds is 9. The second-order valence-corrected chi connectivity index (χ2v) is 8.85. The maximum absolute atomic E-state index is 12.7. The Morgan fingerprint density at radius 1 is 0.971 bits per heavy atom. The Bertz CT molecular complexity index is 1280. The first-order valence-electron chi connectivity index (χ1n) is 10.5. The van der Waals surface area contributed by atoms with E-state index in [1.807, 2.05) is 0 Å². The maximum atomic E-state index is 12.7. The number of hydrogen-bond donors (Lipinski definition) is 0. The van der Waals surface area contributed by atoms with Crippen molar-refractivity contribution in [2.45, 2.75) is 6.61 Å². The molecule has 0 unspecified atom stereocenters. The first kappa shape index (κ1) is 24.3. The van der Waals surface area contributed by atoms with Crippen molar-refractivity contribution in [3.8, 4) is 11.5 Å². The number of nitrogens with zero attached hydrogens (tertiary/aromatic N) is 2. The molecule has 1 fully saturated rings. The lowest BCUT2D eigenvalue weighted by Gasteiger charge is -2.13. The molecule has 0 bridgehead atoms.